The lowest BCUT2D eigenvalue weighted by molar-refractivity contribution is -0.729. The van der Waals surface area contributed by atoms with Crippen molar-refractivity contribution in [2.24, 2.45) is 0 Å². The SMILES string of the molecule is CC=CC(F)(F)C(=O)N1CCNC(=O)CN2CCN(CC2)Cc2cccc(c2)Nc2nc(cc[n+]2C2CCN(C)c3ccc(cn3)-c3ccnc(n3)Nc3cccc(c3)CN3CCN(CC(=O)N2C)CC3COCCN2CCN(C)CC2)-c2ccc(nc2)C1. The van der Waals surface area contributed by atoms with Gasteiger partial charge in [-0.1, -0.05) is 35.3 Å². The molecule has 3 saturated heterocycles. The highest BCUT2D eigenvalue weighted by Gasteiger charge is 2.40. The van der Waals surface area contributed by atoms with Crippen molar-refractivity contribution in [2.75, 3.05) is 161 Å². The Morgan fingerprint density at radius 2 is 1.43 bits per heavy atom. The van der Waals surface area contributed by atoms with E-state index in [1.807, 2.05) is 78.4 Å². The van der Waals surface area contributed by atoms with Gasteiger partial charge in [0.2, 0.25) is 17.8 Å². The van der Waals surface area contributed by atoms with E-state index in [1.165, 1.54) is 6.92 Å². The van der Waals surface area contributed by atoms with Gasteiger partial charge in [0, 0.05) is 179 Å². The monoisotopic (exact) mass is 1220 g/mol. The molecule has 4 aromatic heterocycles. The maximum Gasteiger partial charge on any atom is 0.398 e. The van der Waals surface area contributed by atoms with Gasteiger partial charge in [-0.2, -0.15) is 8.78 Å². The first-order valence-corrected chi connectivity index (χ1v) is 31.0. The zero-order valence-electron chi connectivity index (χ0n) is 51.6. The summed E-state index contributed by atoms with van der Waals surface area (Å²) in [5, 5.41) is 9.98. The highest BCUT2D eigenvalue weighted by atomic mass is 19.3. The number of amides is 3. The van der Waals surface area contributed by atoms with E-state index in [2.05, 4.69) is 97.6 Å². The minimum atomic E-state index is -3.76. The van der Waals surface area contributed by atoms with Crippen LogP contribution in [0.5, 0.6) is 0 Å². The van der Waals surface area contributed by atoms with Crippen LogP contribution in [0.1, 0.15) is 36.3 Å². The Morgan fingerprint density at radius 1 is 0.719 bits per heavy atom. The molecule has 0 aliphatic carbocycles. The Bertz CT molecular complexity index is 3400. The fraction of sp³-hybridized carbons (Fsp3) is 0.462. The number of hydrogen-bond donors (Lipinski definition) is 3. The van der Waals surface area contributed by atoms with Gasteiger partial charge in [-0.25, -0.2) is 24.8 Å². The number of nitrogens with one attached hydrogen (secondary N) is 3. The number of pyridine rings is 2. The molecule has 15 heterocycles. The first-order valence-electron chi connectivity index (χ1n) is 31.0. The number of halogens is 2. The van der Waals surface area contributed by atoms with Crippen molar-refractivity contribution in [3.8, 4) is 22.5 Å². The maximum atomic E-state index is 15.3. The fourth-order valence-corrected chi connectivity index (χ4v) is 12.2. The molecule has 24 heteroatoms. The van der Waals surface area contributed by atoms with Crippen molar-refractivity contribution in [3.63, 3.8) is 0 Å². The van der Waals surface area contributed by atoms with Gasteiger partial charge in [0.15, 0.2) is 11.9 Å². The second kappa shape index (κ2) is 29.1. The number of nitrogens with zero attached hydrogens (tertiary/aromatic N) is 15. The van der Waals surface area contributed by atoms with Crippen LogP contribution in [0.2, 0.25) is 0 Å². The van der Waals surface area contributed by atoms with Crippen LogP contribution in [0.15, 0.2) is 122 Å². The summed E-state index contributed by atoms with van der Waals surface area (Å²) in [4.78, 5) is 85.2. The normalized spacial score (nSPS) is 23.1. The highest BCUT2D eigenvalue weighted by molar-refractivity contribution is 5.85. The summed E-state index contributed by atoms with van der Waals surface area (Å²) in [6.07, 6.45) is 8.76. The molecule has 6 aromatic rings. The topological polar surface area (TPSA) is 194 Å². The molecule has 17 rings (SSSR count). The van der Waals surface area contributed by atoms with Crippen LogP contribution in [-0.4, -0.2) is 239 Å². The van der Waals surface area contributed by atoms with Crippen molar-refractivity contribution < 1.29 is 32.5 Å². The van der Waals surface area contributed by atoms with Gasteiger partial charge < -0.3 is 35.0 Å². The molecule has 3 fully saturated rings. The number of rotatable bonds is 8. The summed E-state index contributed by atoms with van der Waals surface area (Å²) in [7, 11) is 6.03. The lowest BCUT2D eigenvalue weighted by atomic mass is 10.1. The molecular weight excluding hydrogens is 1130 g/mol. The molecule has 0 saturated carbocycles. The number of carbonyl (C=O) groups excluding carboxylic acids is 3. The Balaban J connectivity index is 0.927. The number of carbonyl (C=O) groups is 3. The van der Waals surface area contributed by atoms with E-state index in [-0.39, 0.29) is 50.6 Å². The molecule has 11 aliphatic rings. The van der Waals surface area contributed by atoms with Gasteiger partial charge in [0.25, 0.3) is 5.91 Å². The molecule has 4 atom stereocenters. The predicted octanol–water partition coefficient (Wildman–Crippen LogP) is 4.81. The second-order valence-electron chi connectivity index (χ2n) is 23.9. The molecule has 4 unspecified atom stereocenters. The minimum absolute atomic E-state index is 0.00709. The smallest absolute Gasteiger partial charge is 0.378 e. The molecule has 11 aliphatic heterocycles. The molecule has 89 heavy (non-hydrogen) atoms. The Kier molecular flexibility index (Phi) is 20.5. The van der Waals surface area contributed by atoms with Gasteiger partial charge in [0.1, 0.15) is 5.82 Å². The van der Waals surface area contributed by atoms with Crippen LogP contribution in [0.25, 0.3) is 22.5 Å². The van der Waals surface area contributed by atoms with Crippen LogP contribution in [0, 0.1) is 0 Å². The molecule has 0 radical (unpaired) electrons. The fourth-order valence-electron chi connectivity index (χ4n) is 12.2. The van der Waals surface area contributed by atoms with Gasteiger partial charge in [-0.05, 0) is 85.8 Å². The van der Waals surface area contributed by atoms with Gasteiger partial charge in [0.05, 0.1) is 56.1 Å². The average Bonchev–Trinajstić information content (AvgIpc) is 2.58. The van der Waals surface area contributed by atoms with E-state index in [0.717, 1.165) is 103 Å². The molecule has 22 nitrogen and oxygen atoms in total. The van der Waals surface area contributed by atoms with Gasteiger partial charge in [-0.15, -0.1) is 0 Å². The van der Waals surface area contributed by atoms with E-state index >= 15 is 13.6 Å². The van der Waals surface area contributed by atoms with Crippen LogP contribution < -0.4 is 25.4 Å². The van der Waals surface area contributed by atoms with Gasteiger partial charge >= 0.3 is 11.9 Å². The lowest BCUT2D eigenvalue weighted by Gasteiger charge is -2.42. The Labute approximate surface area is 520 Å². The largest absolute Gasteiger partial charge is 0.398 e. The van der Waals surface area contributed by atoms with E-state index < -0.39 is 18.0 Å². The van der Waals surface area contributed by atoms with E-state index in [0.29, 0.717) is 100 Å². The third-order valence-electron chi connectivity index (χ3n) is 17.5. The van der Waals surface area contributed by atoms with Crippen molar-refractivity contribution in [3.05, 3.63) is 139 Å². The number of likely N-dealkylation sites (N-methyl/N-ethyl adjacent to an activating group) is 2. The average molecular weight is 1220 g/mol. The number of alkyl halides is 2. The predicted molar refractivity (Wildman–Crippen MR) is 337 cm³/mol. The third-order valence-corrected chi connectivity index (χ3v) is 17.5. The van der Waals surface area contributed by atoms with Crippen molar-refractivity contribution in [1.29, 1.82) is 0 Å². The first kappa shape index (κ1) is 62.6. The van der Waals surface area contributed by atoms with Crippen LogP contribution in [0.4, 0.5) is 37.9 Å². The van der Waals surface area contributed by atoms with Crippen molar-refractivity contribution in [2.45, 2.75) is 51.1 Å². The molecule has 16 bridgehead atoms. The highest BCUT2D eigenvalue weighted by Crippen LogP contribution is 2.28. The number of benzene rings is 2. The Hall–Kier alpha value is -7.97. The summed E-state index contributed by atoms with van der Waals surface area (Å²) >= 11 is 0. The van der Waals surface area contributed by atoms with Crippen molar-refractivity contribution in [1.82, 2.24) is 69.4 Å². The zero-order valence-corrected chi connectivity index (χ0v) is 51.6. The molecule has 3 amide bonds. The summed E-state index contributed by atoms with van der Waals surface area (Å²) < 4.78 is 39.1. The number of ether oxygens (including phenoxy) is 1. The molecular formula is C65H83F2N18O4+. The van der Waals surface area contributed by atoms with Crippen LogP contribution >= 0.6 is 0 Å². The summed E-state index contributed by atoms with van der Waals surface area (Å²) in [5.41, 5.74) is 7.01. The van der Waals surface area contributed by atoms with E-state index in [1.54, 1.807) is 24.5 Å². The maximum absolute atomic E-state index is 15.3. The minimum Gasteiger partial charge on any atom is -0.378 e. The number of allylic oxidation sites excluding steroid dienone is 1. The quantitative estimate of drug-likeness (QED) is 0.107. The van der Waals surface area contributed by atoms with E-state index in [4.69, 9.17) is 19.7 Å². The van der Waals surface area contributed by atoms with Crippen LogP contribution in [-0.2, 0) is 38.8 Å². The number of piperazine rings is 3. The molecule has 470 valence electrons. The molecule has 3 N–H and O–H groups in total. The van der Waals surface area contributed by atoms with Crippen molar-refractivity contribution >= 4 is 46.8 Å². The summed E-state index contributed by atoms with van der Waals surface area (Å²) in [6, 6.07) is 27.9. The number of anilines is 5. The standard InChI is InChI=1S/C65H82F2N18O4/c1-5-19-65(66,67)62(88)84-24-21-68-59(86)45-81-31-29-80(30-32-81)41-48-8-6-11-53(37-48)73-64-75-57(50-12-14-54(43-84)70-39-50)17-23-85(64)60-18-22-77(3)58-15-13-51(40-71-58)56-16-20-69-63(74-56)72-52-10-7-9-49(38-52)42-83-34-33-82(46-61(87)78(60)4)44-55(83)47-89-36-35-79-27-25-76(2)26-28-79/h5-17,19-20,23,37-40,55,60H,18,21-22,24-36,41-47H2,1-4H3,(H2,68,69,72,74,86)/p+1. The molecule has 0 spiro atoms. The summed E-state index contributed by atoms with van der Waals surface area (Å²) in [6.45, 7) is 14.2. The lowest BCUT2D eigenvalue weighted by Crippen LogP contribution is -2.58. The van der Waals surface area contributed by atoms with Crippen LogP contribution in [0.3, 0.4) is 0 Å². The number of hydrogen-bond acceptors (Lipinski definition) is 18. The Morgan fingerprint density at radius 3 is 2.16 bits per heavy atom. The third kappa shape index (κ3) is 16.5. The van der Waals surface area contributed by atoms with Gasteiger partial charge in [-0.3, -0.25) is 43.9 Å². The zero-order chi connectivity index (χ0) is 61.9. The van der Waals surface area contributed by atoms with E-state index in [9.17, 15) is 9.59 Å². The first-order chi connectivity index (χ1) is 43.2. The second-order valence-corrected chi connectivity index (χ2v) is 23.9. The number of aromatic nitrogens is 6. The summed E-state index contributed by atoms with van der Waals surface area (Å²) in [5.74, 6) is -3.77. The molecule has 2 aromatic carbocycles.